The zero-order chi connectivity index (χ0) is 16.5. The van der Waals surface area contributed by atoms with Crippen LogP contribution in [0.15, 0.2) is 78.9 Å². The molecule has 24 heavy (non-hydrogen) atoms. The molecule has 3 heteroatoms. The van der Waals surface area contributed by atoms with Gasteiger partial charge in [0, 0.05) is 11.3 Å². The molecule has 0 bridgehead atoms. The third-order valence-electron chi connectivity index (χ3n) is 4.46. The zero-order valence-corrected chi connectivity index (χ0v) is 13.0. The molecule has 2 nitrogen and oxygen atoms in total. The maximum atomic E-state index is 13.7. The van der Waals surface area contributed by atoms with Gasteiger partial charge in [0.2, 0.25) is 0 Å². The maximum Gasteiger partial charge on any atom is 0.259 e. The summed E-state index contributed by atoms with van der Waals surface area (Å²) in [6.07, 6.45) is 0.667. The number of hydrogen-bond acceptors (Lipinski definition) is 1. The lowest BCUT2D eigenvalue weighted by molar-refractivity contribution is 0.0967. The number of hydrogen-bond donors (Lipinski definition) is 0. The number of carbonyl (C=O) groups is 1. The van der Waals surface area contributed by atoms with Crippen molar-refractivity contribution >= 4 is 11.6 Å². The van der Waals surface area contributed by atoms with Gasteiger partial charge in [0.25, 0.3) is 5.91 Å². The molecule has 0 saturated heterocycles. The number of para-hydroxylation sites is 1. The van der Waals surface area contributed by atoms with Crippen LogP contribution in [-0.4, -0.2) is 5.91 Å². The van der Waals surface area contributed by atoms with Gasteiger partial charge >= 0.3 is 0 Å². The van der Waals surface area contributed by atoms with Crippen molar-refractivity contribution in [1.29, 1.82) is 0 Å². The predicted molar refractivity (Wildman–Crippen MR) is 92.5 cm³/mol. The quantitative estimate of drug-likeness (QED) is 0.667. The van der Waals surface area contributed by atoms with E-state index < -0.39 is 0 Å². The van der Waals surface area contributed by atoms with Gasteiger partial charge in [0.15, 0.2) is 0 Å². The molecular weight excluding hydrogens is 301 g/mol. The summed E-state index contributed by atoms with van der Waals surface area (Å²) in [6, 6.07) is 23.5. The van der Waals surface area contributed by atoms with Gasteiger partial charge in [-0.2, -0.15) is 0 Å². The summed E-state index contributed by atoms with van der Waals surface area (Å²) < 4.78 is 13.7. The maximum absolute atomic E-state index is 13.7. The minimum Gasteiger partial charge on any atom is -0.301 e. The highest BCUT2D eigenvalue weighted by atomic mass is 19.1. The number of carbonyl (C=O) groups excluding carboxylic acids is 1. The van der Waals surface area contributed by atoms with Crippen LogP contribution in [0, 0.1) is 5.82 Å². The lowest BCUT2D eigenvalue weighted by Gasteiger charge is -2.37. The van der Waals surface area contributed by atoms with E-state index in [1.807, 2.05) is 60.7 Å². The molecule has 118 valence electrons. The summed E-state index contributed by atoms with van der Waals surface area (Å²) in [5.41, 5.74) is 3.35. The highest BCUT2D eigenvalue weighted by molar-refractivity contribution is 6.08. The first-order valence-electron chi connectivity index (χ1n) is 7.96. The lowest BCUT2D eigenvalue weighted by Crippen LogP contribution is -2.40. The van der Waals surface area contributed by atoms with Crippen molar-refractivity contribution in [2.24, 2.45) is 0 Å². The van der Waals surface area contributed by atoms with Crippen molar-refractivity contribution in [2.75, 3.05) is 4.90 Å². The van der Waals surface area contributed by atoms with Crippen LogP contribution >= 0.6 is 0 Å². The van der Waals surface area contributed by atoms with Crippen LogP contribution in [-0.2, 0) is 6.42 Å². The SMILES string of the molecule is O=C1c2ccccc2CC(c2cccc(F)c2)N1c1ccccc1. The number of halogens is 1. The number of anilines is 1. The van der Waals surface area contributed by atoms with E-state index in [4.69, 9.17) is 0 Å². The first kappa shape index (κ1) is 14.6. The van der Waals surface area contributed by atoms with Gasteiger partial charge in [-0.15, -0.1) is 0 Å². The Hall–Kier alpha value is -2.94. The van der Waals surface area contributed by atoms with Gasteiger partial charge in [0.05, 0.1) is 6.04 Å². The topological polar surface area (TPSA) is 20.3 Å². The van der Waals surface area contributed by atoms with Crippen LogP contribution < -0.4 is 4.90 Å². The molecule has 0 saturated carbocycles. The molecule has 1 atom stereocenters. The minimum absolute atomic E-state index is 0.0442. The summed E-state index contributed by atoms with van der Waals surface area (Å²) in [6.45, 7) is 0. The highest BCUT2D eigenvalue weighted by Gasteiger charge is 2.34. The standard InChI is InChI=1S/C21H16FNO/c22-17-9-6-8-16(13-17)20-14-15-7-4-5-12-19(15)21(24)23(20)18-10-2-1-3-11-18/h1-13,20H,14H2. The summed E-state index contributed by atoms with van der Waals surface area (Å²) in [5, 5.41) is 0. The van der Waals surface area contributed by atoms with Gasteiger partial charge in [0.1, 0.15) is 5.82 Å². The number of rotatable bonds is 2. The van der Waals surface area contributed by atoms with Crippen molar-refractivity contribution in [3.8, 4) is 0 Å². The van der Waals surface area contributed by atoms with E-state index >= 15 is 0 Å². The molecule has 4 rings (SSSR count). The van der Waals surface area contributed by atoms with Crippen LogP contribution in [0.25, 0.3) is 0 Å². The van der Waals surface area contributed by atoms with Crippen molar-refractivity contribution < 1.29 is 9.18 Å². The number of amides is 1. The van der Waals surface area contributed by atoms with E-state index in [1.165, 1.54) is 12.1 Å². The van der Waals surface area contributed by atoms with Gasteiger partial charge in [-0.3, -0.25) is 4.79 Å². The second-order valence-corrected chi connectivity index (χ2v) is 5.94. The molecule has 0 fully saturated rings. The van der Waals surface area contributed by atoms with E-state index in [1.54, 1.807) is 11.0 Å². The zero-order valence-electron chi connectivity index (χ0n) is 13.0. The molecule has 0 spiro atoms. The van der Waals surface area contributed by atoms with E-state index in [0.29, 0.717) is 12.0 Å². The van der Waals surface area contributed by atoms with Crippen molar-refractivity contribution in [1.82, 2.24) is 0 Å². The van der Waals surface area contributed by atoms with E-state index in [9.17, 15) is 9.18 Å². The largest absolute Gasteiger partial charge is 0.301 e. The molecule has 3 aromatic carbocycles. The average molecular weight is 317 g/mol. The number of fused-ring (bicyclic) bond motifs is 1. The predicted octanol–water partition coefficient (Wildman–Crippen LogP) is 4.77. The number of nitrogens with zero attached hydrogens (tertiary/aromatic N) is 1. The third kappa shape index (κ3) is 2.48. The van der Waals surface area contributed by atoms with Crippen molar-refractivity contribution in [3.05, 3.63) is 101 Å². The molecule has 0 aromatic heterocycles. The van der Waals surface area contributed by atoms with Gasteiger partial charge in [-0.05, 0) is 47.9 Å². The van der Waals surface area contributed by atoms with E-state index in [0.717, 1.165) is 16.8 Å². The van der Waals surface area contributed by atoms with Crippen molar-refractivity contribution in [3.63, 3.8) is 0 Å². The lowest BCUT2D eigenvalue weighted by atomic mass is 9.89. The Morgan fingerprint density at radius 1 is 0.875 bits per heavy atom. The fourth-order valence-electron chi connectivity index (χ4n) is 3.34. The smallest absolute Gasteiger partial charge is 0.259 e. The molecular formula is C21H16FNO. The molecule has 3 aromatic rings. The van der Waals surface area contributed by atoms with Gasteiger partial charge in [-0.25, -0.2) is 4.39 Å². The molecule has 1 aliphatic heterocycles. The normalized spacial score (nSPS) is 16.8. The summed E-state index contributed by atoms with van der Waals surface area (Å²) in [7, 11) is 0. The Kier molecular flexibility index (Phi) is 3.62. The molecule has 1 amide bonds. The Bertz CT molecular complexity index is 891. The molecule has 0 N–H and O–H groups in total. The second-order valence-electron chi connectivity index (χ2n) is 5.94. The Balaban J connectivity index is 1.87. The molecule has 1 unspecified atom stereocenters. The van der Waals surface area contributed by atoms with Gasteiger partial charge < -0.3 is 4.90 Å². The van der Waals surface area contributed by atoms with Crippen LogP contribution in [0.5, 0.6) is 0 Å². The fraction of sp³-hybridized carbons (Fsp3) is 0.0952. The summed E-state index contributed by atoms with van der Waals surface area (Å²) >= 11 is 0. The molecule has 1 aliphatic rings. The Morgan fingerprint density at radius 2 is 1.62 bits per heavy atom. The minimum atomic E-state index is -0.285. The fourth-order valence-corrected chi connectivity index (χ4v) is 3.34. The Morgan fingerprint density at radius 3 is 2.42 bits per heavy atom. The van der Waals surface area contributed by atoms with Gasteiger partial charge in [-0.1, -0.05) is 48.5 Å². The second kappa shape index (κ2) is 5.93. The third-order valence-corrected chi connectivity index (χ3v) is 4.46. The first-order valence-corrected chi connectivity index (χ1v) is 7.96. The van der Waals surface area contributed by atoms with E-state index in [2.05, 4.69) is 0 Å². The summed E-state index contributed by atoms with van der Waals surface area (Å²) in [5.74, 6) is -0.330. The van der Waals surface area contributed by atoms with E-state index in [-0.39, 0.29) is 17.8 Å². The van der Waals surface area contributed by atoms with Crippen LogP contribution in [0.1, 0.15) is 27.5 Å². The number of benzene rings is 3. The van der Waals surface area contributed by atoms with Crippen LogP contribution in [0.3, 0.4) is 0 Å². The summed E-state index contributed by atoms with van der Waals surface area (Å²) in [4.78, 5) is 14.9. The van der Waals surface area contributed by atoms with Crippen LogP contribution in [0.2, 0.25) is 0 Å². The van der Waals surface area contributed by atoms with Crippen LogP contribution in [0.4, 0.5) is 10.1 Å². The molecule has 0 aliphatic carbocycles. The monoisotopic (exact) mass is 317 g/mol. The molecule has 0 radical (unpaired) electrons. The average Bonchev–Trinajstić information content (AvgIpc) is 2.62. The highest BCUT2D eigenvalue weighted by Crippen LogP contribution is 2.36. The Labute approximate surface area is 140 Å². The van der Waals surface area contributed by atoms with Crippen molar-refractivity contribution in [2.45, 2.75) is 12.5 Å². The first-order chi connectivity index (χ1) is 11.7. The molecule has 1 heterocycles.